The quantitative estimate of drug-likeness (QED) is 0.525. The highest BCUT2D eigenvalue weighted by atomic mass is 79.9. The van der Waals surface area contributed by atoms with E-state index in [1.54, 1.807) is 0 Å². The predicted octanol–water partition coefficient (Wildman–Crippen LogP) is 2.08. The molecule has 0 aliphatic heterocycles. The van der Waals surface area contributed by atoms with E-state index >= 15 is 0 Å². The predicted molar refractivity (Wildman–Crippen MR) is 53.0 cm³/mol. The van der Waals surface area contributed by atoms with Gasteiger partial charge < -0.3 is 9.72 Å². The van der Waals surface area contributed by atoms with E-state index in [1.165, 1.54) is 0 Å². The standard InChI is InChI=1S/C7H4BrF3N2O4/c8-2-3-4(13(15)16)1-5(6(14)12-3)17-7(9,10)11/h1H,2H2,(H,12,14). The van der Waals surface area contributed by atoms with Gasteiger partial charge in [-0.25, -0.2) is 0 Å². The smallest absolute Gasteiger partial charge is 0.400 e. The van der Waals surface area contributed by atoms with E-state index in [9.17, 15) is 28.1 Å². The molecule has 0 bridgehead atoms. The first-order valence-corrected chi connectivity index (χ1v) is 5.09. The largest absolute Gasteiger partial charge is 0.573 e. The van der Waals surface area contributed by atoms with Crippen molar-refractivity contribution < 1.29 is 22.8 Å². The summed E-state index contributed by atoms with van der Waals surface area (Å²) in [7, 11) is 0. The number of alkyl halides is 4. The fourth-order valence-electron chi connectivity index (χ4n) is 1.00. The van der Waals surface area contributed by atoms with Crippen molar-refractivity contribution in [3.8, 4) is 5.75 Å². The minimum atomic E-state index is -5.09. The molecule has 0 atom stereocenters. The molecule has 0 aliphatic carbocycles. The molecule has 0 saturated carbocycles. The van der Waals surface area contributed by atoms with Gasteiger partial charge in [-0.3, -0.25) is 14.9 Å². The minimum absolute atomic E-state index is 0.0785. The van der Waals surface area contributed by atoms with Crippen LogP contribution in [0.15, 0.2) is 10.9 Å². The van der Waals surface area contributed by atoms with Gasteiger partial charge in [0.05, 0.1) is 16.3 Å². The number of nitrogens with zero attached hydrogens (tertiary/aromatic N) is 1. The molecule has 0 spiro atoms. The summed E-state index contributed by atoms with van der Waals surface area (Å²) in [6.45, 7) is 0. The van der Waals surface area contributed by atoms with Crippen LogP contribution in [0.3, 0.4) is 0 Å². The van der Waals surface area contributed by atoms with Crippen molar-refractivity contribution in [1.29, 1.82) is 0 Å². The van der Waals surface area contributed by atoms with E-state index in [4.69, 9.17) is 0 Å². The molecule has 0 amide bonds. The van der Waals surface area contributed by atoms with Crippen molar-refractivity contribution in [3.05, 3.63) is 32.2 Å². The molecule has 0 unspecified atom stereocenters. The Morgan fingerprint density at radius 1 is 1.53 bits per heavy atom. The molecule has 6 nitrogen and oxygen atoms in total. The van der Waals surface area contributed by atoms with E-state index in [2.05, 4.69) is 20.7 Å². The number of pyridine rings is 1. The first-order valence-electron chi connectivity index (χ1n) is 3.97. The van der Waals surface area contributed by atoms with Crippen LogP contribution >= 0.6 is 15.9 Å². The third-order valence-corrected chi connectivity index (χ3v) is 2.18. The summed E-state index contributed by atoms with van der Waals surface area (Å²) in [4.78, 5) is 22.7. The summed E-state index contributed by atoms with van der Waals surface area (Å²) < 4.78 is 39.0. The van der Waals surface area contributed by atoms with E-state index in [0.717, 1.165) is 0 Å². The van der Waals surface area contributed by atoms with Crippen molar-refractivity contribution >= 4 is 21.6 Å². The van der Waals surface area contributed by atoms with Crippen molar-refractivity contribution in [2.24, 2.45) is 0 Å². The molecule has 10 heteroatoms. The lowest BCUT2D eigenvalue weighted by Crippen LogP contribution is -2.23. The van der Waals surface area contributed by atoms with Gasteiger partial charge in [0.2, 0.25) is 5.75 Å². The van der Waals surface area contributed by atoms with Gasteiger partial charge in [-0.1, -0.05) is 15.9 Å². The fraction of sp³-hybridized carbons (Fsp3) is 0.286. The van der Waals surface area contributed by atoms with Gasteiger partial charge in [-0.05, 0) is 0 Å². The monoisotopic (exact) mass is 316 g/mol. The van der Waals surface area contributed by atoms with Crippen molar-refractivity contribution in [3.63, 3.8) is 0 Å². The van der Waals surface area contributed by atoms with Crippen LogP contribution in [-0.2, 0) is 5.33 Å². The van der Waals surface area contributed by atoms with Crippen LogP contribution < -0.4 is 10.3 Å². The number of halogens is 4. The Morgan fingerprint density at radius 2 is 2.12 bits per heavy atom. The van der Waals surface area contributed by atoms with Crippen LogP contribution in [0.5, 0.6) is 5.75 Å². The van der Waals surface area contributed by atoms with Crippen molar-refractivity contribution in [2.45, 2.75) is 11.7 Å². The lowest BCUT2D eigenvalue weighted by atomic mass is 10.3. The molecule has 1 N–H and O–H groups in total. The zero-order valence-electron chi connectivity index (χ0n) is 7.88. The minimum Gasteiger partial charge on any atom is -0.400 e. The van der Waals surface area contributed by atoms with Crippen LogP contribution in [0.2, 0.25) is 0 Å². The molecule has 94 valence electrons. The first-order chi connectivity index (χ1) is 7.74. The highest BCUT2D eigenvalue weighted by Gasteiger charge is 2.33. The molecule has 0 radical (unpaired) electrons. The Balaban J connectivity index is 3.30. The maximum atomic E-state index is 11.9. The molecule has 0 saturated heterocycles. The van der Waals surface area contributed by atoms with Gasteiger partial charge in [0.15, 0.2) is 0 Å². The second-order valence-electron chi connectivity index (χ2n) is 2.77. The Hall–Kier alpha value is -1.58. The second kappa shape index (κ2) is 4.73. The van der Waals surface area contributed by atoms with E-state index in [-0.39, 0.29) is 11.0 Å². The highest BCUT2D eigenvalue weighted by molar-refractivity contribution is 9.08. The molecule has 0 aromatic carbocycles. The average Bonchev–Trinajstić information content (AvgIpc) is 2.18. The number of hydrogen-bond donors (Lipinski definition) is 1. The summed E-state index contributed by atoms with van der Waals surface area (Å²) in [5.74, 6) is -1.17. The summed E-state index contributed by atoms with van der Waals surface area (Å²) in [5, 5.41) is 10.5. The zero-order valence-corrected chi connectivity index (χ0v) is 9.46. The molecule has 1 aromatic rings. The number of aromatic amines is 1. The summed E-state index contributed by atoms with van der Waals surface area (Å²) in [6.07, 6.45) is -5.09. The lowest BCUT2D eigenvalue weighted by molar-refractivity contribution is -0.386. The molecule has 0 aliphatic rings. The first kappa shape index (κ1) is 13.5. The number of rotatable bonds is 3. The van der Waals surface area contributed by atoms with Gasteiger partial charge in [-0.15, -0.1) is 13.2 Å². The summed E-state index contributed by atoms with van der Waals surface area (Å²) >= 11 is 2.86. The second-order valence-corrected chi connectivity index (χ2v) is 3.33. The highest BCUT2D eigenvalue weighted by Crippen LogP contribution is 2.25. The SMILES string of the molecule is O=c1[nH]c(CBr)c([N+](=O)[O-])cc1OC(F)(F)F. The average molecular weight is 317 g/mol. The van der Waals surface area contributed by atoms with Crippen molar-refractivity contribution in [1.82, 2.24) is 4.98 Å². The summed E-state index contributed by atoms with van der Waals surface area (Å²) in [5.41, 5.74) is -2.00. The van der Waals surface area contributed by atoms with Gasteiger partial charge in [-0.2, -0.15) is 0 Å². The van der Waals surface area contributed by atoms with Gasteiger partial charge in [0.25, 0.3) is 11.2 Å². The maximum absolute atomic E-state index is 11.9. The maximum Gasteiger partial charge on any atom is 0.573 e. The topological polar surface area (TPSA) is 85.2 Å². The third-order valence-electron chi connectivity index (χ3n) is 1.62. The van der Waals surface area contributed by atoms with E-state index < -0.39 is 28.3 Å². The van der Waals surface area contributed by atoms with E-state index in [0.29, 0.717) is 6.07 Å². The number of H-pyrrole nitrogens is 1. The number of aromatic nitrogens is 1. The lowest BCUT2D eigenvalue weighted by Gasteiger charge is -2.08. The zero-order chi connectivity index (χ0) is 13.2. The van der Waals surface area contributed by atoms with Gasteiger partial charge in [0.1, 0.15) is 5.69 Å². The Labute approximate surface area is 99.7 Å². The Kier molecular flexibility index (Phi) is 3.76. The van der Waals surface area contributed by atoms with Crippen LogP contribution in [0.25, 0.3) is 0 Å². The molecular weight excluding hydrogens is 313 g/mol. The molecule has 1 aromatic heterocycles. The third kappa shape index (κ3) is 3.44. The number of nitrogens with one attached hydrogen (secondary N) is 1. The number of ether oxygens (including phenoxy) is 1. The fourth-order valence-corrected chi connectivity index (χ4v) is 1.43. The Morgan fingerprint density at radius 3 is 2.53 bits per heavy atom. The summed E-state index contributed by atoms with van der Waals surface area (Å²) in [6, 6.07) is 0.433. The Bertz CT molecular complexity index is 499. The van der Waals surface area contributed by atoms with Crippen LogP contribution in [0.4, 0.5) is 18.9 Å². The molecule has 1 rings (SSSR count). The number of nitro groups is 1. The molecule has 0 fully saturated rings. The van der Waals surface area contributed by atoms with Crippen LogP contribution in [-0.4, -0.2) is 16.3 Å². The molecular formula is C7H4BrF3N2O4. The van der Waals surface area contributed by atoms with Crippen LogP contribution in [0.1, 0.15) is 5.69 Å². The van der Waals surface area contributed by atoms with E-state index in [1.807, 2.05) is 4.98 Å². The van der Waals surface area contributed by atoms with Crippen molar-refractivity contribution in [2.75, 3.05) is 0 Å². The normalized spacial score (nSPS) is 11.3. The van der Waals surface area contributed by atoms with Crippen LogP contribution in [0, 0.1) is 10.1 Å². The van der Waals surface area contributed by atoms with Gasteiger partial charge in [0, 0.05) is 0 Å². The number of hydrogen-bond acceptors (Lipinski definition) is 4. The van der Waals surface area contributed by atoms with Gasteiger partial charge >= 0.3 is 6.36 Å². The molecule has 1 heterocycles. The molecule has 17 heavy (non-hydrogen) atoms.